The molecule has 86 valence electrons. The Morgan fingerprint density at radius 2 is 1.87 bits per heavy atom. The van der Waals surface area contributed by atoms with Crippen LogP contribution in [0.25, 0.3) is 0 Å². The van der Waals surface area contributed by atoms with Crippen LogP contribution in [0, 0.1) is 0 Å². The number of carbonyl (C=O) groups is 2. The fourth-order valence-corrected chi connectivity index (χ4v) is 0.807. The van der Waals surface area contributed by atoms with Crippen molar-refractivity contribution in [3.05, 3.63) is 0 Å². The van der Waals surface area contributed by atoms with Gasteiger partial charge in [0.05, 0.1) is 19.4 Å². The molecule has 2 N–H and O–H groups in total. The van der Waals surface area contributed by atoms with E-state index in [4.69, 9.17) is 14.9 Å². The summed E-state index contributed by atoms with van der Waals surface area (Å²) in [6.45, 7) is 3.70. The summed E-state index contributed by atoms with van der Waals surface area (Å²) in [6.07, 6.45) is 0.352. The van der Waals surface area contributed by atoms with Crippen molar-refractivity contribution < 1.29 is 24.5 Å². The zero-order chi connectivity index (χ0) is 11.7. The van der Waals surface area contributed by atoms with Gasteiger partial charge in [-0.25, -0.2) is 0 Å². The molecule has 0 saturated carbocycles. The lowest BCUT2D eigenvalue weighted by molar-refractivity contribution is -0.143. The fraction of sp³-hybridized carbons (Fsp3) is 0.667. The molecule has 6 heteroatoms. The Hall–Kier alpha value is -1.59. The smallest absolute Gasteiger partial charge is 0.303 e. The van der Waals surface area contributed by atoms with Crippen molar-refractivity contribution in [3.8, 4) is 0 Å². The Kier molecular flexibility index (Phi) is 6.96. The molecule has 0 unspecified atom stereocenters. The number of aliphatic imine (C=N–C) groups is 1. The van der Waals surface area contributed by atoms with Crippen molar-refractivity contribution in [1.82, 2.24) is 0 Å². The first-order valence-corrected chi connectivity index (χ1v) is 4.66. The summed E-state index contributed by atoms with van der Waals surface area (Å²) in [7, 11) is 0. The molecule has 1 aliphatic heterocycles. The van der Waals surface area contributed by atoms with Crippen molar-refractivity contribution in [2.75, 3.05) is 13.2 Å². The van der Waals surface area contributed by atoms with E-state index in [0.717, 1.165) is 25.5 Å². The maximum absolute atomic E-state index is 9.64. The molecule has 0 saturated heterocycles. The van der Waals surface area contributed by atoms with Crippen LogP contribution in [0.15, 0.2) is 4.99 Å². The molecule has 1 aliphatic rings. The number of aliphatic carboxylic acids is 2. The lowest BCUT2D eigenvalue weighted by Gasteiger charge is -1.91. The van der Waals surface area contributed by atoms with Crippen LogP contribution >= 0.6 is 0 Å². The Morgan fingerprint density at radius 3 is 2.07 bits per heavy atom. The van der Waals surface area contributed by atoms with Crippen LogP contribution in [0.5, 0.6) is 0 Å². The maximum Gasteiger partial charge on any atom is 0.303 e. The first-order chi connectivity index (χ1) is 7.06. The molecule has 0 radical (unpaired) electrons. The highest BCUT2D eigenvalue weighted by molar-refractivity contribution is 5.76. The molecular formula is C9H15NO5. The summed E-state index contributed by atoms with van der Waals surface area (Å²) < 4.78 is 5.05. The molecule has 0 aromatic rings. The van der Waals surface area contributed by atoms with E-state index in [1.54, 1.807) is 0 Å². The number of hydrogen-bond donors (Lipinski definition) is 2. The highest BCUT2D eigenvalue weighted by atomic mass is 16.5. The average molecular weight is 217 g/mol. The van der Waals surface area contributed by atoms with Crippen LogP contribution in [0.2, 0.25) is 0 Å². The van der Waals surface area contributed by atoms with E-state index in [2.05, 4.69) is 4.99 Å². The van der Waals surface area contributed by atoms with Crippen molar-refractivity contribution in [2.24, 2.45) is 4.99 Å². The van der Waals surface area contributed by atoms with E-state index < -0.39 is 11.9 Å². The van der Waals surface area contributed by atoms with E-state index in [0.29, 0.717) is 0 Å². The summed E-state index contributed by atoms with van der Waals surface area (Å²) in [6, 6.07) is 0. The van der Waals surface area contributed by atoms with Crippen LogP contribution in [-0.2, 0) is 14.3 Å². The molecule has 6 nitrogen and oxygen atoms in total. The largest absolute Gasteiger partial charge is 0.481 e. The summed E-state index contributed by atoms with van der Waals surface area (Å²) >= 11 is 0. The van der Waals surface area contributed by atoms with Gasteiger partial charge in [-0.1, -0.05) is 6.92 Å². The standard InChI is InChI=1S/C5H9NO.C4H6O4/c1-2-5-6-3-4-7-5;5-3(6)1-2-4(7)8/h2-4H2,1H3;1-2H2,(H,5,6)(H,7,8). The van der Waals surface area contributed by atoms with Gasteiger partial charge in [0.1, 0.15) is 6.61 Å². The second kappa shape index (κ2) is 7.78. The van der Waals surface area contributed by atoms with Gasteiger partial charge in [-0.15, -0.1) is 0 Å². The summed E-state index contributed by atoms with van der Waals surface area (Å²) in [5.41, 5.74) is 0. The number of rotatable bonds is 4. The molecule has 15 heavy (non-hydrogen) atoms. The number of ether oxygens (including phenoxy) is 1. The van der Waals surface area contributed by atoms with Gasteiger partial charge in [-0.05, 0) is 0 Å². The van der Waals surface area contributed by atoms with Gasteiger partial charge in [0.2, 0.25) is 0 Å². The van der Waals surface area contributed by atoms with E-state index in [9.17, 15) is 9.59 Å². The quantitative estimate of drug-likeness (QED) is 0.724. The van der Waals surface area contributed by atoms with Gasteiger partial charge in [-0.3, -0.25) is 14.6 Å². The molecule has 0 atom stereocenters. The number of carboxylic acids is 2. The van der Waals surface area contributed by atoms with Crippen molar-refractivity contribution in [3.63, 3.8) is 0 Å². The van der Waals surface area contributed by atoms with Gasteiger partial charge in [-0.2, -0.15) is 0 Å². The molecule has 0 aromatic carbocycles. The number of hydrogen-bond acceptors (Lipinski definition) is 4. The molecule has 0 amide bonds. The van der Waals surface area contributed by atoms with Gasteiger partial charge >= 0.3 is 11.9 Å². The number of carboxylic acid groups (broad SMARTS) is 2. The predicted octanol–water partition coefficient (Wildman–Crippen LogP) is 0.761. The Bertz CT molecular complexity index is 235. The normalized spacial score (nSPS) is 13.3. The maximum atomic E-state index is 9.64. The van der Waals surface area contributed by atoms with Crippen molar-refractivity contribution in [1.29, 1.82) is 0 Å². The second-order valence-corrected chi connectivity index (χ2v) is 2.76. The second-order valence-electron chi connectivity index (χ2n) is 2.76. The van der Waals surface area contributed by atoms with Gasteiger partial charge in [0.25, 0.3) is 0 Å². The first-order valence-electron chi connectivity index (χ1n) is 4.66. The number of nitrogens with zero attached hydrogens (tertiary/aromatic N) is 1. The topological polar surface area (TPSA) is 96.2 Å². The summed E-state index contributed by atoms with van der Waals surface area (Å²) in [4.78, 5) is 23.3. The minimum atomic E-state index is -1.08. The Morgan fingerprint density at radius 1 is 1.33 bits per heavy atom. The molecule has 1 heterocycles. The highest BCUT2D eigenvalue weighted by Crippen LogP contribution is 1.95. The molecule has 0 spiro atoms. The van der Waals surface area contributed by atoms with E-state index in [1.807, 2.05) is 6.92 Å². The summed E-state index contributed by atoms with van der Waals surface area (Å²) in [5.74, 6) is -1.24. The van der Waals surface area contributed by atoms with Crippen LogP contribution in [0.4, 0.5) is 0 Å². The third-order valence-corrected chi connectivity index (χ3v) is 1.50. The Labute approximate surface area is 87.6 Å². The average Bonchev–Trinajstić information content (AvgIpc) is 2.68. The molecule has 0 aromatic heterocycles. The fourth-order valence-electron chi connectivity index (χ4n) is 0.807. The van der Waals surface area contributed by atoms with Crippen LogP contribution in [-0.4, -0.2) is 41.2 Å². The lowest BCUT2D eigenvalue weighted by Crippen LogP contribution is -2.00. The van der Waals surface area contributed by atoms with Gasteiger partial charge < -0.3 is 14.9 Å². The van der Waals surface area contributed by atoms with E-state index in [1.165, 1.54) is 0 Å². The van der Waals surface area contributed by atoms with Crippen molar-refractivity contribution >= 4 is 17.8 Å². The van der Waals surface area contributed by atoms with Gasteiger partial charge in [0, 0.05) is 6.42 Å². The first kappa shape index (κ1) is 13.4. The molecule has 0 fully saturated rings. The molecular weight excluding hydrogens is 202 g/mol. The zero-order valence-corrected chi connectivity index (χ0v) is 8.60. The lowest BCUT2D eigenvalue weighted by atomic mass is 10.3. The van der Waals surface area contributed by atoms with Crippen LogP contribution in [0.3, 0.4) is 0 Å². The molecule has 1 rings (SSSR count). The van der Waals surface area contributed by atoms with E-state index in [-0.39, 0.29) is 12.8 Å². The highest BCUT2D eigenvalue weighted by Gasteiger charge is 2.01. The Balaban J connectivity index is 0.000000262. The van der Waals surface area contributed by atoms with E-state index >= 15 is 0 Å². The van der Waals surface area contributed by atoms with Crippen molar-refractivity contribution in [2.45, 2.75) is 26.2 Å². The zero-order valence-electron chi connectivity index (χ0n) is 8.60. The van der Waals surface area contributed by atoms with Crippen LogP contribution in [0.1, 0.15) is 26.2 Å². The predicted molar refractivity (Wildman–Crippen MR) is 53.1 cm³/mol. The SMILES string of the molecule is CCC1=NCCO1.O=C(O)CCC(=O)O. The third kappa shape index (κ3) is 8.73. The summed E-state index contributed by atoms with van der Waals surface area (Å²) in [5, 5.41) is 15.8. The van der Waals surface area contributed by atoms with Gasteiger partial charge in [0.15, 0.2) is 5.90 Å². The molecule has 0 bridgehead atoms. The minimum Gasteiger partial charge on any atom is -0.481 e. The minimum absolute atomic E-state index is 0.296. The molecule has 0 aliphatic carbocycles. The monoisotopic (exact) mass is 217 g/mol. The van der Waals surface area contributed by atoms with Crippen LogP contribution < -0.4 is 0 Å². The third-order valence-electron chi connectivity index (χ3n) is 1.50.